The first-order valence-electron chi connectivity index (χ1n) is 4.79. The lowest BCUT2D eigenvalue weighted by molar-refractivity contribution is -0.141. The van der Waals surface area contributed by atoms with Crippen molar-refractivity contribution in [3.8, 4) is 0 Å². The predicted molar refractivity (Wildman–Crippen MR) is 48.3 cm³/mol. The van der Waals surface area contributed by atoms with Crippen molar-refractivity contribution in [2.45, 2.75) is 38.0 Å². The molecule has 0 bridgehead atoms. The number of hydrogen-bond acceptors (Lipinski definition) is 1. The highest BCUT2D eigenvalue weighted by atomic mass is 19.3. The smallest absolute Gasteiger partial charge is 0.303 e. The van der Waals surface area contributed by atoms with Gasteiger partial charge in [-0.05, 0) is 25.3 Å². The standard InChI is InChI=1S/C10H14F2O2/c11-10(12)6-4-2-1-3-5-8(10)7-9(13)14/h4,6,8H,1-3,5,7H2,(H,13,14). The number of halogens is 2. The fourth-order valence-electron chi connectivity index (χ4n) is 1.67. The van der Waals surface area contributed by atoms with Crippen molar-refractivity contribution in [3.05, 3.63) is 12.2 Å². The lowest BCUT2D eigenvalue weighted by Gasteiger charge is -2.24. The third kappa shape index (κ3) is 3.09. The van der Waals surface area contributed by atoms with Crippen LogP contribution >= 0.6 is 0 Å². The molecule has 0 saturated heterocycles. The highest BCUT2D eigenvalue weighted by molar-refractivity contribution is 5.67. The predicted octanol–water partition coefficient (Wildman–Crippen LogP) is 2.84. The minimum Gasteiger partial charge on any atom is -0.481 e. The van der Waals surface area contributed by atoms with Gasteiger partial charge in [-0.15, -0.1) is 0 Å². The molecule has 1 aliphatic rings. The van der Waals surface area contributed by atoms with Gasteiger partial charge < -0.3 is 5.11 Å². The molecule has 0 aromatic rings. The van der Waals surface area contributed by atoms with Crippen LogP contribution < -0.4 is 0 Å². The summed E-state index contributed by atoms with van der Waals surface area (Å²) in [6, 6.07) is 0. The topological polar surface area (TPSA) is 37.3 Å². The Bertz CT molecular complexity index is 236. The van der Waals surface area contributed by atoms with Crippen LogP contribution in [0.2, 0.25) is 0 Å². The number of carboxylic acids is 1. The van der Waals surface area contributed by atoms with Gasteiger partial charge in [0.25, 0.3) is 5.92 Å². The summed E-state index contributed by atoms with van der Waals surface area (Å²) in [5.41, 5.74) is 0. The van der Waals surface area contributed by atoms with Crippen molar-refractivity contribution in [1.29, 1.82) is 0 Å². The Morgan fingerprint density at radius 1 is 1.50 bits per heavy atom. The molecular formula is C10H14F2O2. The average molecular weight is 204 g/mol. The first-order chi connectivity index (χ1) is 6.52. The third-order valence-electron chi connectivity index (χ3n) is 2.48. The number of alkyl halides is 2. The van der Waals surface area contributed by atoms with Gasteiger partial charge in [-0.2, -0.15) is 0 Å². The lowest BCUT2D eigenvalue weighted by Crippen LogP contribution is -2.28. The summed E-state index contributed by atoms with van der Waals surface area (Å²) < 4.78 is 26.6. The zero-order chi connectivity index (χ0) is 10.6. The molecule has 0 aromatic carbocycles. The van der Waals surface area contributed by atoms with Gasteiger partial charge in [-0.25, -0.2) is 8.78 Å². The summed E-state index contributed by atoms with van der Waals surface area (Å²) in [6.45, 7) is 0. The molecule has 1 rings (SSSR count). The van der Waals surface area contributed by atoms with Crippen LogP contribution in [0.1, 0.15) is 32.1 Å². The summed E-state index contributed by atoms with van der Waals surface area (Å²) in [4.78, 5) is 10.4. The zero-order valence-corrected chi connectivity index (χ0v) is 7.88. The summed E-state index contributed by atoms with van der Waals surface area (Å²) in [6.07, 6.45) is 4.37. The van der Waals surface area contributed by atoms with Crippen molar-refractivity contribution in [2.24, 2.45) is 5.92 Å². The van der Waals surface area contributed by atoms with Crippen LogP contribution in [0, 0.1) is 5.92 Å². The third-order valence-corrected chi connectivity index (χ3v) is 2.48. The monoisotopic (exact) mass is 204 g/mol. The van der Waals surface area contributed by atoms with Gasteiger partial charge >= 0.3 is 5.97 Å². The summed E-state index contributed by atoms with van der Waals surface area (Å²) in [5, 5.41) is 8.50. The number of rotatable bonds is 2. The van der Waals surface area contributed by atoms with E-state index in [-0.39, 0.29) is 0 Å². The van der Waals surface area contributed by atoms with Gasteiger partial charge in [-0.1, -0.05) is 12.5 Å². The molecular weight excluding hydrogens is 190 g/mol. The Hall–Kier alpha value is -0.930. The van der Waals surface area contributed by atoms with E-state index in [1.807, 2.05) is 0 Å². The number of carboxylic acid groups (broad SMARTS) is 1. The van der Waals surface area contributed by atoms with E-state index in [0.29, 0.717) is 19.3 Å². The Morgan fingerprint density at radius 2 is 2.21 bits per heavy atom. The zero-order valence-electron chi connectivity index (χ0n) is 7.88. The van der Waals surface area contributed by atoms with E-state index in [1.54, 1.807) is 0 Å². The molecule has 1 atom stereocenters. The molecule has 0 saturated carbocycles. The first kappa shape index (κ1) is 11.1. The summed E-state index contributed by atoms with van der Waals surface area (Å²) in [5.74, 6) is -5.15. The average Bonchev–Trinajstić information content (AvgIpc) is 2.05. The fourth-order valence-corrected chi connectivity index (χ4v) is 1.67. The van der Waals surface area contributed by atoms with Gasteiger partial charge in [-0.3, -0.25) is 4.79 Å². The maximum absolute atomic E-state index is 13.3. The van der Waals surface area contributed by atoms with E-state index in [0.717, 1.165) is 12.5 Å². The van der Waals surface area contributed by atoms with Crippen LogP contribution in [-0.4, -0.2) is 17.0 Å². The van der Waals surface area contributed by atoms with Crippen molar-refractivity contribution in [1.82, 2.24) is 0 Å². The van der Waals surface area contributed by atoms with Crippen LogP contribution in [-0.2, 0) is 4.79 Å². The molecule has 1 unspecified atom stereocenters. The normalized spacial score (nSPS) is 26.6. The van der Waals surface area contributed by atoms with E-state index >= 15 is 0 Å². The quantitative estimate of drug-likeness (QED) is 0.702. The molecule has 0 amide bonds. The van der Waals surface area contributed by atoms with Crippen molar-refractivity contribution >= 4 is 5.97 Å². The lowest BCUT2D eigenvalue weighted by atomic mass is 9.89. The second-order valence-corrected chi connectivity index (χ2v) is 3.66. The van der Waals surface area contributed by atoms with E-state index in [9.17, 15) is 13.6 Å². The van der Waals surface area contributed by atoms with Crippen molar-refractivity contribution < 1.29 is 18.7 Å². The van der Waals surface area contributed by atoms with E-state index < -0.39 is 24.2 Å². The van der Waals surface area contributed by atoms with Gasteiger partial charge in [0.2, 0.25) is 0 Å². The second kappa shape index (κ2) is 4.53. The van der Waals surface area contributed by atoms with E-state index in [1.165, 1.54) is 6.08 Å². The molecule has 0 spiro atoms. The van der Waals surface area contributed by atoms with Crippen LogP contribution in [0.5, 0.6) is 0 Å². The number of allylic oxidation sites excluding steroid dienone is 2. The molecule has 14 heavy (non-hydrogen) atoms. The number of carbonyl (C=O) groups is 1. The van der Waals surface area contributed by atoms with E-state index in [4.69, 9.17) is 5.11 Å². The molecule has 0 fully saturated rings. The highest BCUT2D eigenvalue weighted by Crippen LogP contribution is 2.34. The minimum absolute atomic E-state index is 0.295. The maximum atomic E-state index is 13.3. The van der Waals surface area contributed by atoms with Crippen LogP contribution in [0.15, 0.2) is 12.2 Å². The van der Waals surface area contributed by atoms with Crippen LogP contribution in [0.3, 0.4) is 0 Å². The summed E-state index contributed by atoms with van der Waals surface area (Å²) >= 11 is 0. The molecule has 1 N–H and O–H groups in total. The number of aliphatic carboxylic acids is 1. The molecule has 0 aromatic heterocycles. The Labute approximate surface area is 81.6 Å². The minimum atomic E-state index is -2.96. The van der Waals surface area contributed by atoms with Gasteiger partial charge in [0.1, 0.15) is 0 Å². The molecule has 1 aliphatic carbocycles. The maximum Gasteiger partial charge on any atom is 0.303 e. The van der Waals surface area contributed by atoms with Crippen LogP contribution in [0.4, 0.5) is 8.78 Å². The van der Waals surface area contributed by atoms with E-state index in [2.05, 4.69) is 0 Å². The number of hydrogen-bond donors (Lipinski definition) is 1. The molecule has 2 nitrogen and oxygen atoms in total. The second-order valence-electron chi connectivity index (χ2n) is 3.66. The molecule has 0 heterocycles. The largest absolute Gasteiger partial charge is 0.481 e. The Morgan fingerprint density at radius 3 is 2.86 bits per heavy atom. The summed E-state index contributed by atoms with van der Waals surface area (Å²) in [7, 11) is 0. The fraction of sp³-hybridized carbons (Fsp3) is 0.700. The molecule has 0 aliphatic heterocycles. The van der Waals surface area contributed by atoms with Gasteiger partial charge in [0.15, 0.2) is 0 Å². The van der Waals surface area contributed by atoms with Gasteiger partial charge in [0.05, 0.1) is 6.42 Å². The van der Waals surface area contributed by atoms with Gasteiger partial charge in [0, 0.05) is 5.92 Å². The molecule has 4 heteroatoms. The van der Waals surface area contributed by atoms with Crippen molar-refractivity contribution in [2.75, 3.05) is 0 Å². The van der Waals surface area contributed by atoms with Crippen molar-refractivity contribution in [3.63, 3.8) is 0 Å². The Kier molecular flexibility index (Phi) is 3.61. The molecule has 80 valence electrons. The van der Waals surface area contributed by atoms with Crippen LogP contribution in [0.25, 0.3) is 0 Å². The SMILES string of the molecule is O=C(O)CC1CCCCC=CC1(F)F. The first-order valence-corrected chi connectivity index (χ1v) is 4.79. The molecule has 0 radical (unpaired) electrons. The Balaban J connectivity index is 2.71. The highest BCUT2D eigenvalue weighted by Gasteiger charge is 2.38.